The highest BCUT2D eigenvalue weighted by molar-refractivity contribution is 7.10. The maximum atomic E-state index is 11.9. The lowest BCUT2D eigenvalue weighted by atomic mass is 9.91. The standard InChI is InChI=1S/C14H18N2O2S/c1-14(2,12-4-3-7-19-12)9-16-13(17)11-6-5-10(8-15)18-11/h3-7H,8-9,15H2,1-2H3,(H,16,17). The molecule has 2 rings (SSSR count). The molecular formula is C14H18N2O2S. The van der Waals surface area contributed by atoms with Gasteiger partial charge in [-0.3, -0.25) is 4.79 Å². The van der Waals surface area contributed by atoms with Crippen LogP contribution in [0.15, 0.2) is 34.1 Å². The van der Waals surface area contributed by atoms with Crippen LogP contribution in [0.5, 0.6) is 0 Å². The summed E-state index contributed by atoms with van der Waals surface area (Å²) in [5.74, 6) is 0.717. The van der Waals surface area contributed by atoms with Crippen LogP contribution in [0, 0.1) is 0 Å². The summed E-state index contributed by atoms with van der Waals surface area (Å²) in [4.78, 5) is 13.2. The van der Waals surface area contributed by atoms with E-state index in [1.807, 2.05) is 11.4 Å². The van der Waals surface area contributed by atoms with E-state index < -0.39 is 0 Å². The molecule has 0 fully saturated rings. The predicted molar refractivity (Wildman–Crippen MR) is 76.3 cm³/mol. The van der Waals surface area contributed by atoms with Crippen LogP contribution in [-0.2, 0) is 12.0 Å². The van der Waals surface area contributed by atoms with Crippen LogP contribution in [0.25, 0.3) is 0 Å². The Labute approximate surface area is 116 Å². The molecule has 5 heteroatoms. The molecule has 102 valence electrons. The molecule has 0 spiro atoms. The average molecular weight is 278 g/mol. The first-order valence-electron chi connectivity index (χ1n) is 6.14. The molecule has 1 amide bonds. The van der Waals surface area contributed by atoms with Crippen molar-refractivity contribution >= 4 is 17.2 Å². The maximum absolute atomic E-state index is 11.9. The van der Waals surface area contributed by atoms with Crippen LogP contribution in [0.3, 0.4) is 0 Å². The minimum atomic E-state index is -0.204. The molecule has 0 aliphatic rings. The van der Waals surface area contributed by atoms with Crippen molar-refractivity contribution in [1.29, 1.82) is 0 Å². The molecule has 0 aromatic carbocycles. The summed E-state index contributed by atoms with van der Waals surface area (Å²) in [6.45, 7) is 5.07. The van der Waals surface area contributed by atoms with Crippen molar-refractivity contribution < 1.29 is 9.21 Å². The number of hydrogen-bond acceptors (Lipinski definition) is 4. The third-order valence-corrected chi connectivity index (χ3v) is 4.20. The SMILES string of the molecule is CC(C)(CNC(=O)c1ccc(CN)o1)c1cccs1. The van der Waals surface area contributed by atoms with E-state index in [0.717, 1.165) is 0 Å². The molecule has 4 nitrogen and oxygen atoms in total. The summed E-state index contributed by atoms with van der Waals surface area (Å²) >= 11 is 1.69. The lowest BCUT2D eigenvalue weighted by Crippen LogP contribution is -2.36. The summed E-state index contributed by atoms with van der Waals surface area (Å²) < 4.78 is 5.32. The topological polar surface area (TPSA) is 68.3 Å². The summed E-state index contributed by atoms with van der Waals surface area (Å²) in [5, 5.41) is 4.94. The van der Waals surface area contributed by atoms with E-state index in [-0.39, 0.29) is 11.3 Å². The van der Waals surface area contributed by atoms with E-state index in [1.54, 1.807) is 23.5 Å². The summed E-state index contributed by atoms with van der Waals surface area (Å²) in [6.07, 6.45) is 0. The Morgan fingerprint density at radius 2 is 2.21 bits per heavy atom. The smallest absolute Gasteiger partial charge is 0.287 e. The Morgan fingerprint density at radius 3 is 2.79 bits per heavy atom. The molecule has 0 aliphatic carbocycles. The van der Waals surface area contributed by atoms with Crippen LogP contribution < -0.4 is 11.1 Å². The average Bonchev–Trinajstić information content (AvgIpc) is 3.06. The summed E-state index contributed by atoms with van der Waals surface area (Å²) in [5.41, 5.74) is 5.36. The fourth-order valence-electron chi connectivity index (χ4n) is 1.75. The second kappa shape index (κ2) is 5.59. The minimum Gasteiger partial charge on any atom is -0.455 e. The van der Waals surface area contributed by atoms with Gasteiger partial charge >= 0.3 is 0 Å². The van der Waals surface area contributed by atoms with Gasteiger partial charge < -0.3 is 15.5 Å². The van der Waals surface area contributed by atoms with E-state index in [4.69, 9.17) is 10.2 Å². The zero-order valence-electron chi connectivity index (χ0n) is 11.1. The van der Waals surface area contributed by atoms with E-state index in [1.165, 1.54) is 4.88 Å². The number of amides is 1. The molecule has 2 aromatic heterocycles. The molecule has 3 N–H and O–H groups in total. The quantitative estimate of drug-likeness (QED) is 0.883. The summed E-state index contributed by atoms with van der Waals surface area (Å²) in [6, 6.07) is 7.47. The van der Waals surface area contributed by atoms with Gasteiger partial charge in [0.05, 0.1) is 6.54 Å². The number of thiophene rings is 1. The highest BCUT2D eigenvalue weighted by Gasteiger charge is 2.23. The van der Waals surface area contributed by atoms with Crippen molar-refractivity contribution in [2.24, 2.45) is 5.73 Å². The third-order valence-electron chi connectivity index (χ3n) is 2.97. The van der Waals surface area contributed by atoms with Crippen molar-refractivity contribution in [3.05, 3.63) is 46.0 Å². The van der Waals surface area contributed by atoms with E-state index in [9.17, 15) is 4.79 Å². The highest BCUT2D eigenvalue weighted by Crippen LogP contribution is 2.26. The zero-order chi connectivity index (χ0) is 13.9. The van der Waals surface area contributed by atoms with Gasteiger partial charge in [-0.05, 0) is 23.6 Å². The molecule has 2 heterocycles. The van der Waals surface area contributed by atoms with Crippen LogP contribution in [0.4, 0.5) is 0 Å². The van der Waals surface area contributed by atoms with Gasteiger partial charge in [0.25, 0.3) is 5.91 Å². The third kappa shape index (κ3) is 3.24. The van der Waals surface area contributed by atoms with Crippen molar-refractivity contribution in [2.75, 3.05) is 6.54 Å². The molecule has 0 radical (unpaired) electrons. The molecule has 0 unspecified atom stereocenters. The highest BCUT2D eigenvalue weighted by atomic mass is 32.1. The number of carbonyl (C=O) groups excluding carboxylic acids is 1. The number of carbonyl (C=O) groups is 1. The number of nitrogens with two attached hydrogens (primary N) is 1. The van der Waals surface area contributed by atoms with Gasteiger partial charge in [-0.2, -0.15) is 0 Å². The van der Waals surface area contributed by atoms with Crippen molar-refractivity contribution in [3.63, 3.8) is 0 Å². The first-order chi connectivity index (χ1) is 9.03. The van der Waals surface area contributed by atoms with Crippen LogP contribution in [0.2, 0.25) is 0 Å². The largest absolute Gasteiger partial charge is 0.455 e. The second-order valence-corrected chi connectivity index (χ2v) is 5.96. The predicted octanol–water partition coefficient (Wildman–Crippen LogP) is 2.51. The van der Waals surface area contributed by atoms with Gasteiger partial charge in [0.1, 0.15) is 5.76 Å². The molecule has 0 saturated carbocycles. The molecule has 0 aliphatic heterocycles. The maximum Gasteiger partial charge on any atom is 0.287 e. The normalized spacial score (nSPS) is 11.5. The Hall–Kier alpha value is -1.59. The van der Waals surface area contributed by atoms with Gasteiger partial charge in [0.15, 0.2) is 5.76 Å². The molecule has 0 atom stereocenters. The minimum absolute atomic E-state index is 0.0902. The second-order valence-electron chi connectivity index (χ2n) is 5.01. The molecule has 0 bridgehead atoms. The summed E-state index contributed by atoms with van der Waals surface area (Å²) in [7, 11) is 0. The zero-order valence-corrected chi connectivity index (χ0v) is 11.9. The van der Waals surface area contributed by atoms with Crippen molar-refractivity contribution in [3.8, 4) is 0 Å². The Morgan fingerprint density at radius 1 is 1.42 bits per heavy atom. The fraction of sp³-hybridized carbons (Fsp3) is 0.357. The van der Waals surface area contributed by atoms with E-state index in [0.29, 0.717) is 24.6 Å². The first kappa shape index (κ1) is 13.8. The van der Waals surface area contributed by atoms with Crippen LogP contribution in [0.1, 0.15) is 35.0 Å². The first-order valence-corrected chi connectivity index (χ1v) is 7.02. The lowest BCUT2D eigenvalue weighted by Gasteiger charge is -2.23. The van der Waals surface area contributed by atoms with Crippen molar-refractivity contribution in [2.45, 2.75) is 25.8 Å². The van der Waals surface area contributed by atoms with Crippen LogP contribution in [-0.4, -0.2) is 12.5 Å². The lowest BCUT2D eigenvalue weighted by molar-refractivity contribution is 0.0916. The monoisotopic (exact) mass is 278 g/mol. The van der Waals surface area contributed by atoms with E-state index in [2.05, 4.69) is 25.2 Å². The molecular weight excluding hydrogens is 260 g/mol. The molecule has 0 saturated heterocycles. The Kier molecular flexibility index (Phi) is 4.07. The fourth-order valence-corrected chi connectivity index (χ4v) is 2.60. The van der Waals surface area contributed by atoms with Crippen molar-refractivity contribution in [1.82, 2.24) is 5.32 Å². The number of rotatable bonds is 5. The van der Waals surface area contributed by atoms with Gasteiger partial charge in [-0.25, -0.2) is 0 Å². The van der Waals surface area contributed by atoms with Gasteiger partial charge in [-0.15, -0.1) is 11.3 Å². The number of nitrogens with one attached hydrogen (secondary N) is 1. The van der Waals surface area contributed by atoms with Gasteiger partial charge in [0, 0.05) is 16.8 Å². The van der Waals surface area contributed by atoms with Crippen LogP contribution >= 0.6 is 11.3 Å². The molecule has 19 heavy (non-hydrogen) atoms. The van der Waals surface area contributed by atoms with Gasteiger partial charge in [-0.1, -0.05) is 19.9 Å². The van der Waals surface area contributed by atoms with Gasteiger partial charge in [0.2, 0.25) is 0 Å². The number of furan rings is 1. The Bertz CT molecular complexity index is 544. The van der Waals surface area contributed by atoms with E-state index >= 15 is 0 Å². The number of hydrogen-bond donors (Lipinski definition) is 2. The molecule has 2 aromatic rings. The Balaban J connectivity index is 1.97.